The third-order valence-corrected chi connectivity index (χ3v) is 5.34. The normalized spacial score (nSPS) is 29.3. The predicted octanol–water partition coefficient (Wildman–Crippen LogP) is 1.91. The lowest BCUT2D eigenvalue weighted by Crippen LogP contribution is -2.45. The van der Waals surface area contributed by atoms with Gasteiger partial charge in [0.15, 0.2) is 0 Å². The van der Waals surface area contributed by atoms with E-state index in [2.05, 4.69) is 48.3 Å². The molecule has 2 aliphatic rings. The van der Waals surface area contributed by atoms with E-state index in [4.69, 9.17) is 0 Å². The zero-order valence-electron chi connectivity index (χ0n) is 15.3. The number of hydrogen-bond acceptors (Lipinski definition) is 4. The molecule has 2 heterocycles. The van der Waals surface area contributed by atoms with Crippen LogP contribution in [0, 0.1) is 0 Å². The van der Waals surface area contributed by atoms with Crippen molar-refractivity contribution < 1.29 is 0 Å². The van der Waals surface area contributed by atoms with Gasteiger partial charge in [0.05, 0.1) is 0 Å². The van der Waals surface area contributed by atoms with E-state index in [9.17, 15) is 0 Å². The predicted molar refractivity (Wildman–Crippen MR) is 95.5 cm³/mol. The quantitative estimate of drug-likeness (QED) is 0.717. The van der Waals surface area contributed by atoms with Gasteiger partial charge in [-0.2, -0.15) is 0 Å². The van der Waals surface area contributed by atoms with Crippen molar-refractivity contribution >= 4 is 0 Å². The second-order valence-corrected chi connectivity index (χ2v) is 7.84. The van der Waals surface area contributed by atoms with Gasteiger partial charge in [0, 0.05) is 37.3 Å². The molecule has 0 radical (unpaired) electrons. The lowest BCUT2D eigenvalue weighted by molar-refractivity contribution is 0.176. The van der Waals surface area contributed by atoms with Crippen molar-refractivity contribution in [1.29, 1.82) is 0 Å². The summed E-state index contributed by atoms with van der Waals surface area (Å²) in [4.78, 5) is 5.16. The Hall–Kier alpha value is -0.160. The molecule has 0 aromatic carbocycles. The average Bonchev–Trinajstić information content (AvgIpc) is 2.91. The largest absolute Gasteiger partial charge is 0.313 e. The molecule has 2 rings (SSSR count). The molecule has 2 fully saturated rings. The van der Waals surface area contributed by atoms with Crippen molar-refractivity contribution in [2.45, 2.75) is 77.0 Å². The van der Waals surface area contributed by atoms with Gasteiger partial charge in [-0.05, 0) is 59.3 Å². The van der Waals surface area contributed by atoms with Crippen LogP contribution in [0.4, 0.5) is 0 Å². The van der Waals surface area contributed by atoms with E-state index in [1.807, 2.05) is 0 Å². The molecule has 22 heavy (non-hydrogen) atoms. The SMILES string of the molecule is CC(C)NC1CCN(CC[C@H](C)NCC2CCCCN2C)C1. The molecule has 3 atom stereocenters. The van der Waals surface area contributed by atoms with Gasteiger partial charge in [0.25, 0.3) is 0 Å². The summed E-state index contributed by atoms with van der Waals surface area (Å²) in [7, 11) is 2.28. The highest BCUT2D eigenvalue weighted by molar-refractivity contribution is 4.83. The van der Waals surface area contributed by atoms with Gasteiger partial charge in [-0.25, -0.2) is 0 Å². The lowest BCUT2D eigenvalue weighted by Gasteiger charge is -2.33. The maximum atomic E-state index is 3.77. The Morgan fingerprint density at radius 2 is 1.91 bits per heavy atom. The number of nitrogens with zero attached hydrogens (tertiary/aromatic N) is 2. The lowest BCUT2D eigenvalue weighted by atomic mass is 10.0. The summed E-state index contributed by atoms with van der Waals surface area (Å²) in [5.41, 5.74) is 0. The third kappa shape index (κ3) is 6.15. The molecule has 130 valence electrons. The molecule has 2 aliphatic heterocycles. The zero-order chi connectivity index (χ0) is 15.9. The minimum atomic E-state index is 0.609. The Morgan fingerprint density at radius 3 is 2.64 bits per heavy atom. The molecule has 0 aliphatic carbocycles. The first-order chi connectivity index (χ1) is 10.5. The van der Waals surface area contributed by atoms with Gasteiger partial charge in [-0.1, -0.05) is 20.3 Å². The fourth-order valence-corrected chi connectivity index (χ4v) is 3.86. The van der Waals surface area contributed by atoms with Crippen molar-refractivity contribution in [2.75, 3.05) is 39.8 Å². The topological polar surface area (TPSA) is 30.5 Å². The van der Waals surface area contributed by atoms with Crippen LogP contribution >= 0.6 is 0 Å². The molecule has 0 bridgehead atoms. The minimum absolute atomic E-state index is 0.609. The molecular weight excluding hydrogens is 272 g/mol. The van der Waals surface area contributed by atoms with E-state index >= 15 is 0 Å². The Kier molecular flexibility index (Phi) is 7.61. The number of nitrogens with one attached hydrogen (secondary N) is 2. The molecule has 2 unspecified atom stereocenters. The smallest absolute Gasteiger partial charge is 0.0217 e. The second kappa shape index (κ2) is 9.21. The van der Waals surface area contributed by atoms with E-state index < -0.39 is 0 Å². The molecule has 0 aromatic heterocycles. The number of rotatable bonds is 8. The fourth-order valence-electron chi connectivity index (χ4n) is 3.86. The van der Waals surface area contributed by atoms with Crippen LogP contribution in [0.5, 0.6) is 0 Å². The summed E-state index contributed by atoms with van der Waals surface area (Å²) in [6.45, 7) is 13.0. The average molecular weight is 311 g/mol. The highest BCUT2D eigenvalue weighted by Gasteiger charge is 2.23. The molecule has 2 N–H and O–H groups in total. The Bertz CT molecular complexity index is 307. The van der Waals surface area contributed by atoms with Crippen LogP contribution in [-0.4, -0.2) is 73.7 Å². The van der Waals surface area contributed by atoms with Crippen LogP contribution < -0.4 is 10.6 Å². The number of likely N-dealkylation sites (tertiary alicyclic amines) is 2. The zero-order valence-corrected chi connectivity index (χ0v) is 15.3. The van der Waals surface area contributed by atoms with E-state index in [0.29, 0.717) is 18.1 Å². The van der Waals surface area contributed by atoms with Gasteiger partial charge >= 0.3 is 0 Å². The summed E-state index contributed by atoms with van der Waals surface area (Å²) in [5, 5.41) is 7.44. The van der Waals surface area contributed by atoms with Gasteiger partial charge < -0.3 is 20.4 Å². The highest BCUT2D eigenvalue weighted by atomic mass is 15.2. The van der Waals surface area contributed by atoms with Gasteiger partial charge in [-0.3, -0.25) is 0 Å². The highest BCUT2D eigenvalue weighted by Crippen LogP contribution is 2.15. The van der Waals surface area contributed by atoms with Gasteiger partial charge in [-0.15, -0.1) is 0 Å². The first-order valence-corrected chi connectivity index (χ1v) is 9.46. The second-order valence-electron chi connectivity index (χ2n) is 7.84. The Labute approximate surface area is 138 Å². The van der Waals surface area contributed by atoms with Crippen LogP contribution in [-0.2, 0) is 0 Å². The maximum Gasteiger partial charge on any atom is 0.0217 e. The van der Waals surface area contributed by atoms with Crippen molar-refractivity contribution in [3.05, 3.63) is 0 Å². The van der Waals surface area contributed by atoms with Crippen molar-refractivity contribution in [3.63, 3.8) is 0 Å². The molecule has 0 amide bonds. The molecule has 4 heteroatoms. The molecule has 4 nitrogen and oxygen atoms in total. The Morgan fingerprint density at radius 1 is 1.09 bits per heavy atom. The molecular formula is C18H38N4. The van der Waals surface area contributed by atoms with Crippen molar-refractivity contribution in [3.8, 4) is 0 Å². The minimum Gasteiger partial charge on any atom is -0.313 e. The standard InChI is InChI=1S/C18H38N4/c1-15(2)20-17-9-12-22(14-17)11-8-16(3)19-13-18-7-5-6-10-21(18)4/h15-20H,5-14H2,1-4H3/t16-,17?,18?/m0/s1. The molecule has 0 spiro atoms. The van der Waals surface area contributed by atoms with Crippen LogP contribution in [0.1, 0.15) is 52.9 Å². The monoisotopic (exact) mass is 310 g/mol. The van der Waals surface area contributed by atoms with E-state index in [1.54, 1.807) is 0 Å². The van der Waals surface area contributed by atoms with Gasteiger partial charge in [0.1, 0.15) is 0 Å². The van der Waals surface area contributed by atoms with Crippen molar-refractivity contribution in [2.24, 2.45) is 0 Å². The number of piperidine rings is 1. The summed E-state index contributed by atoms with van der Waals surface area (Å²) < 4.78 is 0. The Balaban J connectivity index is 1.57. The number of likely N-dealkylation sites (N-methyl/N-ethyl adjacent to an activating group) is 1. The van der Waals surface area contributed by atoms with Crippen LogP contribution in [0.3, 0.4) is 0 Å². The summed E-state index contributed by atoms with van der Waals surface area (Å²) >= 11 is 0. The van der Waals surface area contributed by atoms with Crippen molar-refractivity contribution in [1.82, 2.24) is 20.4 Å². The molecule has 0 aromatic rings. The van der Waals surface area contributed by atoms with Gasteiger partial charge in [0.2, 0.25) is 0 Å². The molecule has 0 saturated carbocycles. The van der Waals surface area contributed by atoms with E-state index in [0.717, 1.165) is 12.6 Å². The first kappa shape index (κ1) is 18.2. The fraction of sp³-hybridized carbons (Fsp3) is 1.00. The molecule has 2 saturated heterocycles. The van der Waals surface area contributed by atoms with Crippen LogP contribution in [0.15, 0.2) is 0 Å². The summed E-state index contributed by atoms with van der Waals surface area (Å²) in [6, 6.07) is 2.70. The first-order valence-electron chi connectivity index (χ1n) is 9.46. The number of hydrogen-bond donors (Lipinski definition) is 2. The summed E-state index contributed by atoms with van der Waals surface area (Å²) in [5.74, 6) is 0. The van der Waals surface area contributed by atoms with Crippen LogP contribution in [0.25, 0.3) is 0 Å². The maximum absolute atomic E-state index is 3.77. The van der Waals surface area contributed by atoms with Crippen LogP contribution in [0.2, 0.25) is 0 Å². The van der Waals surface area contributed by atoms with E-state index in [-0.39, 0.29) is 0 Å². The van der Waals surface area contributed by atoms with E-state index in [1.165, 1.54) is 58.3 Å². The third-order valence-electron chi connectivity index (χ3n) is 5.34. The summed E-state index contributed by atoms with van der Waals surface area (Å²) in [6.07, 6.45) is 6.73.